The Morgan fingerprint density at radius 1 is 0.311 bits per heavy atom. The van der Waals surface area contributed by atoms with Crippen LogP contribution in [0.1, 0.15) is 329 Å². The van der Waals surface area contributed by atoms with Gasteiger partial charge in [-0.1, -0.05) is 280 Å². The number of hydrogen-bond donors (Lipinski definition) is 0. The molecule has 0 aromatic heterocycles. The van der Waals surface area contributed by atoms with Crippen LogP contribution in [0, 0.1) is 0 Å². The zero-order valence-corrected chi connectivity index (χ0v) is 49.6. The van der Waals surface area contributed by atoms with Gasteiger partial charge in [-0.3, -0.25) is 9.59 Å². The molecule has 0 saturated heterocycles. The molecule has 0 fully saturated rings. The average molecular weight is 1030 g/mol. The van der Waals surface area contributed by atoms with E-state index in [1.54, 1.807) is 0 Å². The van der Waals surface area contributed by atoms with Crippen LogP contribution in [0.5, 0.6) is 0 Å². The first-order chi connectivity index (χ1) is 36.6. The molecule has 0 aliphatic carbocycles. The monoisotopic (exact) mass is 1030 g/mol. The normalized spacial score (nSPS) is 12.6. The largest absolute Gasteiger partial charge is 0.462 e. The number of hydrogen-bond acceptors (Lipinski definition) is 5. The van der Waals surface area contributed by atoms with Crippen LogP contribution in [0.4, 0.5) is 0 Å². The molecule has 1 unspecified atom stereocenters. The highest BCUT2D eigenvalue weighted by Gasteiger charge is 2.18. The summed E-state index contributed by atoms with van der Waals surface area (Å²) in [7, 11) is 0. The second kappa shape index (κ2) is 64.6. The molecule has 5 heteroatoms. The number of allylic oxidation sites excluding steroid dienone is 12. The van der Waals surface area contributed by atoms with Gasteiger partial charge in [-0.15, -0.1) is 0 Å². The molecule has 0 aromatic rings. The van der Waals surface area contributed by atoms with Gasteiger partial charge in [-0.25, -0.2) is 0 Å². The minimum atomic E-state index is -0.548. The third-order valence-electron chi connectivity index (χ3n) is 14.2. The summed E-state index contributed by atoms with van der Waals surface area (Å²) in [6, 6.07) is 0. The second-order valence-corrected chi connectivity index (χ2v) is 21.6. The van der Waals surface area contributed by atoms with Crippen molar-refractivity contribution in [1.29, 1.82) is 0 Å². The van der Waals surface area contributed by atoms with Crippen LogP contribution in [0.25, 0.3) is 0 Å². The fourth-order valence-electron chi connectivity index (χ4n) is 9.38. The molecule has 430 valence electrons. The Morgan fingerprint density at radius 3 is 0.986 bits per heavy atom. The summed E-state index contributed by atoms with van der Waals surface area (Å²) < 4.78 is 17.6. The van der Waals surface area contributed by atoms with Crippen molar-refractivity contribution >= 4 is 11.9 Å². The maximum Gasteiger partial charge on any atom is 0.306 e. The number of esters is 2. The zero-order valence-electron chi connectivity index (χ0n) is 49.6. The lowest BCUT2D eigenvalue weighted by Gasteiger charge is -2.18. The molecule has 74 heavy (non-hydrogen) atoms. The number of carbonyl (C=O) groups is 2. The molecule has 0 radical (unpaired) electrons. The van der Waals surface area contributed by atoms with Gasteiger partial charge in [0, 0.05) is 19.4 Å². The van der Waals surface area contributed by atoms with E-state index in [9.17, 15) is 9.59 Å². The predicted octanol–water partition coefficient (Wildman–Crippen LogP) is 22.6. The highest BCUT2D eigenvalue weighted by Crippen LogP contribution is 2.16. The summed E-state index contributed by atoms with van der Waals surface area (Å²) in [5.74, 6) is -0.394. The van der Waals surface area contributed by atoms with E-state index in [1.165, 1.54) is 231 Å². The van der Waals surface area contributed by atoms with Crippen LogP contribution in [0.3, 0.4) is 0 Å². The second-order valence-electron chi connectivity index (χ2n) is 21.6. The van der Waals surface area contributed by atoms with Gasteiger partial charge >= 0.3 is 11.9 Å². The standard InChI is InChI=1S/C69H124O5/c1-4-7-10-13-16-19-22-25-28-31-34-37-40-43-46-49-52-55-58-61-64-72-65-67(74-69(71)63-60-57-54-51-48-45-42-39-36-33-30-27-24-21-18-15-12-9-6-3)66-73-68(70)62-59-56-53-50-47-44-41-38-35-32-29-26-23-20-17-14-11-8-5-2/h7,10,16,19,25-30,34,37,67H,4-6,8-9,11-15,17-18,20-24,31-33,35-36,38-66H2,1-3H3/b10-7-,19-16-,28-25-,29-26-,30-27-,37-34-. The summed E-state index contributed by atoms with van der Waals surface area (Å²) in [5.41, 5.74) is 0. The van der Waals surface area contributed by atoms with Crippen molar-refractivity contribution in [3.05, 3.63) is 72.9 Å². The lowest BCUT2D eigenvalue weighted by molar-refractivity contribution is -0.163. The van der Waals surface area contributed by atoms with Crippen molar-refractivity contribution in [2.75, 3.05) is 19.8 Å². The maximum absolute atomic E-state index is 12.9. The Labute approximate surface area is 461 Å². The van der Waals surface area contributed by atoms with Crippen LogP contribution >= 0.6 is 0 Å². The summed E-state index contributed by atoms with van der Waals surface area (Å²) in [4.78, 5) is 25.7. The number of carbonyl (C=O) groups excluding carboxylic acids is 2. The quantitative estimate of drug-likeness (QED) is 0.0345. The summed E-state index contributed by atoms with van der Waals surface area (Å²) >= 11 is 0. The number of ether oxygens (including phenoxy) is 3. The number of rotatable bonds is 60. The predicted molar refractivity (Wildman–Crippen MR) is 325 cm³/mol. The Morgan fingerprint density at radius 2 is 0.608 bits per heavy atom. The van der Waals surface area contributed by atoms with Crippen LogP contribution < -0.4 is 0 Å². The third kappa shape index (κ3) is 61.9. The first kappa shape index (κ1) is 71.3. The Kier molecular flexibility index (Phi) is 62.3. The minimum Gasteiger partial charge on any atom is -0.462 e. The van der Waals surface area contributed by atoms with Crippen molar-refractivity contribution in [2.45, 2.75) is 335 Å². The molecule has 0 rings (SSSR count). The van der Waals surface area contributed by atoms with Gasteiger partial charge < -0.3 is 14.2 Å². The van der Waals surface area contributed by atoms with E-state index in [1.807, 2.05) is 0 Å². The van der Waals surface area contributed by atoms with Crippen molar-refractivity contribution in [2.24, 2.45) is 0 Å². The summed E-state index contributed by atoms with van der Waals surface area (Å²) in [6.45, 7) is 7.73. The SMILES string of the molecule is CC/C=C\C/C=C\C/C=C\C/C=C\CCCCCCCCCOCC(COC(=O)CCCCCCCCCCC/C=C\CCCCCCCC)OC(=O)CCCCCCCCCCC/C=C\CCCCCCCC. The van der Waals surface area contributed by atoms with Crippen LogP contribution in [0.2, 0.25) is 0 Å². The topological polar surface area (TPSA) is 61.8 Å². The van der Waals surface area contributed by atoms with E-state index in [0.29, 0.717) is 19.4 Å². The van der Waals surface area contributed by atoms with Crippen molar-refractivity contribution in [3.63, 3.8) is 0 Å². The van der Waals surface area contributed by atoms with Gasteiger partial charge in [0.2, 0.25) is 0 Å². The van der Waals surface area contributed by atoms with Crippen LogP contribution in [0.15, 0.2) is 72.9 Å². The molecule has 0 bridgehead atoms. The fourth-order valence-corrected chi connectivity index (χ4v) is 9.38. The molecule has 0 amide bonds. The van der Waals surface area contributed by atoms with E-state index in [0.717, 1.165) is 64.2 Å². The lowest BCUT2D eigenvalue weighted by Crippen LogP contribution is -2.30. The summed E-state index contributed by atoms with van der Waals surface area (Å²) in [6.07, 6.45) is 85.1. The zero-order chi connectivity index (χ0) is 53.4. The molecule has 5 nitrogen and oxygen atoms in total. The van der Waals surface area contributed by atoms with E-state index in [2.05, 4.69) is 93.7 Å². The van der Waals surface area contributed by atoms with Crippen molar-refractivity contribution in [1.82, 2.24) is 0 Å². The fraction of sp³-hybridized carbons (Fsp3) is 0.797. The maximum atomic E-state index is 12.9. The molecule has 0 aliphatic rings. The molecule has 1 atom stereocenters. The van der Waals surface area contributed by atoms with Crippen LogP contribution in [-0.4, -0.2) is 37.9 Å². The van der Waals surface area contributed by atoms with Gasteiger partial charge in [-0.05, 0) is 109 Å². The molecule has 0 N–H and O–H groups in total. The Balaban J connectivity index is 4.29. The van der Waals surface area contributed by atoms with Crippen molar-refractivity contribution < 1.29 is 23.8 Å². The summed E-state index contributed by atoms with van der Waals surface area (Å²) in [5, 5.41) is 0. The molecular weight excluding hydrogens is 909 g/mol. The van der Waals surface area contributed by atoms with E-state index < -0.39 is 6.10 Å². The molecule has 0 spiro atoms. The van der Waals surface area contributed by atoms with Gasteiger partial charge in [0.05, 0.1) is 6.61 Å². The molecule has 0 aliphatic heterocycles. The Bertz CT molecular complexity index is 1310. The first-order valence-electron chi connectivity index (χ1n) is 32.5. The van der Waals surface area contributed by atoms with E-state index >= 15 is 0 Å². The lowest BCUT2D eigenvalue weighted by atomic mass is 10.1. The van der Waals surface area contributed by atoms with Gasteiger partial charge in [-0.2, -0.15) is 0 Å². The molecule has 0 aromatic carbocycles. The Hall–Kier alpha value is -2.66. The smallest absolute Gasteiger partial charge is 0.306 e. The molecule has 0 heterocycles. The highest BCUT2D eigenvalue weighted by atomic mass is 16.6. The van der Waals surface area contributed by atoms with Crippen molar-refractivity contribution in [3.8, 4) is 0 Å². The number of unbranched alkanes of at least 4 members (excludes halogenated alkanes) is 37. The van der Waals surface area contributed by atoms with Crippen LogP contribution in [-0.2, 0) is 23.8 Å². The van der Waals surface area contributed by atoms with E-state index in [4.69, 9.17) is 14.2 Å². The third-order valence-corrected chi connectivity index (χ3v) is 14.2. The molecular formula is C69H124O5. The van der Waals surface area contributed by atoms with Gasteiger partial charge in [0.1, 0.15) is 6.61 Å². The minimum absolute atomic E-state index is 0.0792. The molecule has 0 saturated carbocycles. The van der Waals surface area contributed by atoms with Gasteiger partial charge in [0.25, 0.3) is 0 Å². The van der Waals surface area contributed by atoms with E-state index in [-0.39, 0.29) is 25.2 Å². The average Bonchev–Trinajstić information content (AvgIpc) is 3.40. The highest BCUT2D eigenvalue weighted by molar-refractivity contribution is 5.70. The first-order valence-corrected chi connectivity index (χ1v) is 32.5. The van der Waals surface area contributed by atoms with Gasteiger partial charge in [0.15, 0.2) is 6.10 Å².